The van der Waals surface area contributed by atoms with E-state index in [0.29, 0.717) is 5.41 Å². The van der Waals surface area contributed by atoms with Gasteiger partial charge in [0.15, 0.2) is 0 Å². The van der Waals surface area contributed by atoms with Gasteiger partial charge in [-0.25, -0.2) is 0 Å². The highest BCUT2D eigenvalue weighted by Crippen LogP contribution is 2.49. The Bertz CT molecular complexity index is 435. The Balaban J connectivity index is 2.30. The van der Waals surface area contributed by atoms with Gasteiger partial charge >= 0.3 is 0 Å². The summed E-state index contributed by atoms with van der Waals surface area (Å²) in [5.41, 5.74) is 5.31. The Morgan fingerprint density at radius 3 is 2.45 bits per heavy atom. The van der Waals surface area contributed by atoms with Gasteiger partial charge < -0.3 is 0 Å². The first kappa shape index (κ1) is 15.6. The van der Waals surface area contributed by atoms with Crippen LogP contribution in [0.15, 0.2) is 34.9 Å². The lowest BCUT2D eigenvalue weighted by Gasteiger charge is -2.45. The number of hydrogen-bond acceptors (Lipinski definition) is 0. The molecule has 0 N–H and O–H groups in total. The van der Waals surface area contributed by atoms with Crippen molar-refractivity contribution < 1.29 is 0 Å². The fraction of sp³-hybridized carbons (Fsp3) is 0.700. The highest BCUT2D eigenvalue weighted by Gasteiger charge is 2.39. The van der Waals surface area contributed by atoms with Crippen LogP contribution in [-0.2, 0) is 0 Å². The summed E-state index contributed by atoms with van der Waals surface area (Å²) in [7, 11) is 0. The van der Waals surface area contributed by atoms with Crippen LogP contribution < -0.4 is 0 Å². The van der Waals surface area contributed by atoms with E-state index in [9.17, 15) is 0 Å². The first-order valence-electron chi connectivity index (χ1n) is 8.43. The van der Waals surface area contributed by atoms with Crippen molar-refractivity contribution >= 4 is 0 Å². The molecule has 0 nitrogen and oxygen atoms in total. The Kier molecular flexibility index (Phi) is 4.94. The van der Waals surface area contributed by atoms with Crippen LogP contribution in [0.4, 0.5) is 0 Å². The SMILES string of the molecule is C/C1=C\CC2=CC[C@@H](C)[C@@](C)(CC/C(C)=C/CC1)[C@@H]2C. The van der Waals surface area contributed by atoms with Crippen LogP contribution in [0.1, 0.15) is 73.1 Å². The van der Waals surface area contributed by atoms with E-state index in [1.54, 1.807) is 16.7 Å². The van der Waals surface area contributed by atoms with Crippen LogP contribution in [-0.4, -0.2) is 0 Å². The van der Waals surface area contributed by atoms with Crippen molar-refractivity contribution in [1.29, 1.82) is 0 Å². The third-order valence-corrected chi connectivity index (χ3v) is 6.18. The highest BCUT2D eigenvalue weighted by atomic mass is 14.4. The molecule has 0 aromatic heterocycles. The minimum absolute atomic E-state index is 0.472. The summed E-state index contributed by atoms with van der Waals surface area (Å²) in [6, 6.07) is 0. The molecule has 0 fully saturated rings. The van der Waals surface area contributed by atoms with Gasteiger partial charge in [-0.15, -0.1) is 0 Å². The second-order valence-electron chi connectivity index (χ2n) is 7.49. The molecule has 0 heteroatoms. The molecule has 0 spiro atoms. The van der Waals surface area contributed by atoms with Gasteiger partial charge in [0, 0.05) is 0 Å². The molecule has 0 aliphatic heterocycles. The predicted molar refractivity (Wildman–Crippen MR) is 89.7 cm³/mol. The van der Waals surface area contributed by atoms with Crippen molar-refractivity contribution in [1.82, 2.24) is 0 Å². The van der Waals surface area contributed by atoms with Gasteiger partial charge in [-0.3, -0.25) is 0 Å². The van der Waals surface area contributed by atoms with Crippen LogP contribution in [0.2, 0.25) is 0 Å². The largest absolute Gasteiger partial charge is 0.0853 e. The zero-order valence-electron chi connectivity index (χ0n) is 14.1. The van der Waals surface area contributed by atoms with Gasteiger partial charge in [0.25, 0.3) is 0 Å². The van der Waals surface area contributed by atoms with Gasteiger partial charge in [-0.05, 0) is 69.6 Å². The average molecular weight is 272 g/mol. The zero-order valence-corrected chi connectivity index (χ0v) is 14.1. The molecule has 112 valence electrons. The predicted octanol–water partition coefficient (Wildman–Crippen LogP) is 6.45. The maximum atomic E-state index is 2.54. The molecule has 0 aromatic carbocycles. The molecular weight excluding hydrogens is 240 g/mol. The third-order valence-electron chi connectivity index (χ3n) is 6.18. The summed E-state index contributed by atoms with van der Waals surface area (Å²) in [5, 5.41) is 0. The van der Waals surface area contributed by atoms with E-state index in [0.717, 1.165) is 11.8 Å². The number of allylic oxidation sites excluding steroid dienone is 6. The van der Waals surface area contributed by atoms with Crippen LogP contribution in [0, 0.1) is 17.3 Å². The quantitative estimate of drug-likeness (QED) is 0.444. The number of fused-ring (bicyclic) bond motifs is 2. The fourth-order valence-corrected chi connectivity index (χ4v) is 3.86. The van der Waals surface area contributed by atoms with Crippen LogP contribution >= 0.6 is 0 Å². The summed E-state index contributed by atoms with van der Waals surface area (Å²) in [5.74, 6) is 1.53. The smallest absolute Gasteiger partial charge is 0.0133 e. The highest BCUT2D eigenvalue weighted by molar-refractivity contribution is 5.21. The number of rotatable bonds is 0. The summed E-state index contributed by atoms with van der Waals surface area (Å²) in [4.78, 5) is 0. The molecule has 2 aliphatic rings. The van der Waals surface area contributed by atoms with Gasteiger partial charge in [-0.1, -0.05) is 55.7 Å². The van der Waals surface area contributed by atoms with Gasteiger partial charge in [0.05, 0.1) is 0 Å². The third kappa shape index (κ3) is 3.27. The number of hydrogen-bond donors (Lipinski definition) is 0. The summed E-state index contributed by atoms with van der Waals surface area (Å²) in [6.45, 7) is 12.1. The lowest BCUT2D eigenvalue weighted by Crippen LogP contribution is -2.36. The van der Waals surface area contributed by atoms with Gasteiger partial charge in [-0.2, -0.15) is 0 Å². The average Bonchev–Trinajstić information content (AvgIpc) is 2.41. The van der Waals surface area contributed by atoms with E-state index >= 15 is 0 Å². The zero-order chi connectivity index (χ0) is 14.8. The molecule has 0 amide bonds. The molecule has 0 heterocycles. The van der Waals surface area contributed by atoms with E-state index < -0.39 is 0 Å². The Labute approximate surface area is 126 Å². The van der Waals surface area contributed by atoms with E-state index in [-0.39, 0.29) is 0 Å². The summed E-state index contributed by atoms with van der Waals surface area (Å²) < 4.78 is 0. The van der Waals surface area contributed by atoms with E-state index in [4.69, 9.17) is 0 Å². The summed E-state index contributed by atoms with van der Waals surface area (Å²) >= 11 is 0. The van der Waals surface area contributed by atoms with E-state index in [1.165, 1.54) is 38.5 Å². The first-order chi connectivity index (χ1) is 9.43. The lowest BCUT2D eigenvalue weighted by atomic mass is 9.59. The monoisotopic (exact) mass is 272 g/mol. The second-order valence-corrected chi connectivity index (χ2v) is 7.49. The summed E-state index contributed by atoms with van der Waals surface area (Å²) in [6.07, 6.45) is 15.0. The maximum absolute atomic E-state index is 2.54. The van der Waals surface area contributed by atoms with Crippen molar-refractivity contribution in [3.05, 3.63) is 34.9 Å². The Morgan fingerprint density at radius 1 is 1.00 bits per heavy atom. The van der Waals surface area contributed by atoms with Gasteiger partial charge in [0.1, 0.15) is 0 Å². The molecule has 0 saturated heterocycles. The standard InChI is InChI=1S/C20H32/c1-15-7-6-8-16(2)13-14-20(5)17(3)10-12-19(11-9-15)18(20)4/h8-9,12,17-18H,6-7,10-11,13-14H2,1-5H3/b15-9+,16-8+/t17-,18-,20-/m1/s1. The maximum Gasteiger partial charge on any atom is -0.0133 e. The van der Waals surface area contributed by atoms with Crippen molar-refractivity contribution in [2.45, 2.75) is 73.1 Å². The lowest BCUT2D eigenvalue weighted by molar-refractivity contribution is 0.110. The van der Waals surface area contributed by atoms with Crippen molar-refractivity contribution in [3.63, 3.8) is 0 Å². The second kappa shape index (κ2) is 6.33. The van der Waals surface area contributed by atoms with Crippen molar-refractivity contribution in [3.8, 4) is 0 Å². The molecule has 3 atom stereocenters. The molecule has 0 radical (unpaired) electrons. The minimum atomic E-state index is 0.472. The van der Waals surface area contributed by atoms with Crippen LogP contribution in [0.3, 0.4) is 0 Å². The Morgan fingerprint density at radius 2 is 1.70 bits per heavy atom. The van der Waals surface area contributed by atoms with Crippen LogP contribution in [0.5, 0.6) is 0 Å². The fourth-order valence-electron chi connectivity index (χ4n) is 3.86. The first-order valence-corrected chi connectivity index (χ1v) is 8.43. The van der Waals surface area contributed by atoms with Crippen molar-refractivity contribution in [2.75, 3.05) is 0 Å². The van der Waals surface area contributed by atoms with Crippen molar-refractivity contribution in [2.24, 2.45) is 17.3 Å². The molecule has 0 saturated carbocycles. The molecule has 2 bridgehead atoms. The van der Waals surface area contributed by atoms with E-state index in [2.05, 4.69) is 52.8 Å². The van der Waals surface area contributed by atoms with Crippen LogP contribution in [0.25, 0.3) is 0 Å². The minimum Gasteiger partial charge on any atom is -0.0853 e. The Hall–Kier alpha value is -0.780. The van der Waals surface area contributed by atoms with E-state index in [1.807, 2.05) is 0 Å². The molecule has 2 aliphatic carbocycles. The van der Waals surface area contributed by atoms with Gasteiger partial charge in [0.2, 0.25) is 0 Å². The molecule has 0 unspecified atom stereocenters. The molecule has 20 heavy (non-hydrogen) atoms. The molecule has 0 aromatic rings. The normalized spacial score (nSPS) is 41.4. The molecular formula is C20H32. The topological polar surface area (TPSA) is 0 Å². The molecule has 2 rings (SSSR count).